The average molecular weight is 1720 g/mol. The van der Waals surface area contributed by atoms with E-state index in [0.717, 1.165) is 50.6 Å². The lowest BCUT2D eigenvalue weighted by Crippen LogP contribution is -2.10. The number of hydrogen-bond donors (Lipinski definition) is 0. The maximum atomic E-state index is 13.6. The summed E-state index contributed by atoms with van der Waals surface area (Å²) in [5.41, 5.74) is 17.8. The van der Waals surface area contributed by atoms with E-state index in [1.165, 1.54) is 51.6 Å². The topological polar surface area (TPSA) is 47.6 Å². The zero-order valence-corrected chi connectivity index (χ0v) is 81.9. The van der Waals surface area contributed by atoms with Gasteiger partial charge in [0.2, 0.25) is 0 Å². The van der Waals surface area contributed by atoms with E-state index >= 15 is 0 Å². The summed E-state index contributed by atoms with van der Waals surface area (Å²) in [5.74, 6) is 2.56. The SMILES string of the molecule is CC(C)c1cc(C(C)C)c(C#N)cc1F.CC(C)c1cc(C(C)C)c(F)cc1F.CC(C)c1cc(F)c(F)c(C(C)C)c1.CC(C)c1cc(F)cc(C(C)C)c1.CC(C)c1ccc(C#N)c(C(C)C)c1.CC(C)c1ccc(C(F)(F)F)c(C(C)C)c1.CC(C)c1ccc(F)c(C(C)C)c1.CC(C)c1ccc(F)c(C(C)C)c1.CC(C)c1cccc(C(C)C)c1. The summed E-state index contributed by atoms with van der Waals surface area (Å²) in [4.78, 5) is 0. The Morgan fingerprint density at radius 1 is 0.202 bits per heavy atom. The second-order valence-corrected chi connectivity index (χ2v) is 38.0. The van der Waals surface area contributed by atoms with E-state index in [2.05, 4.69) is 159 Å². The first-order valence-corrected chi connectivity index (χ1v) is 44.7. The Morgan fingerprint density at radius 3 is 0.766 bits per heavy atom. The number of nitriles is 2. The quantitative estimate of drug-likeness (QED) is 0.0804. The lowest BCUT2D eigenvalue weighted by atomic mass is 9.91. The molecule has 0 aliphatic carbocycles. The number of benzene rings is 9. The third-order valence-electron chi connectivity index (χ3n) is 21.6. The highest BCUT2D eigenvalue weighted by Crippen LogP contribution is 2.38. The molecule has 0 aliphatic rings. The zero-order chi connectivity index (χ0) is 95.7. The summed E-state index contributed by atoms with van der Waals surface area (Å²) >= 11 is 0. The summed E-state index contributed by atoms with van der Waals surface area (Å²) in [5, 5.41) is 17.9. The maximum absolute atomic E-state index is 13.6. The van der Waals surface area contributed by atoms with E-state index in [0.29, 0.717) is 80.7 Å². The van der Waals surface area contributed by atoms with Gasteiger partial charge in [0.1, 0.15) is 34.9 Å². The van der Waals surface area contributed by atoms with Crippen molar-refractivity contribution >= 4 is 0 Å². The van der Waals surface area contributed by atoms with Crippen molar-refractivity contribution in [3.63, 3.8) is 0 Å². The highest BCUT2D eigenvalue weighted by Gasteiger charge is 2.34. The molecule has 0 bridgehead atoms. The van der Waals surface area contributed by atoms with Crippen LogP contribution in [-0.2, 0) is 6.18 Å². The minimum absolute atomic E-state index is 0.0169. The minimum atomic E-state index is -4.25. The van der Waals surface area contributed by atoms with Gasteiger partial charge >= 0.3 is 6.18 Å². The smallest absolute Gasteiger partial charge is 0.207 e. The predicted molar refractivity (Wildman–Crippen MR) is 506 cm³/mol. The first-order chi connectivity index (χ1) is 57.3. The van der Waals surface area contributed by atoms with Crippen molar-refractivity contribution in [3.05, 3.63) is 315 Å². The fourth-order valence-corrected chi connectivity index (χ4v) is 13.0. The second-order valence-electron chi connectivity index (χ2n) is 38.0. The standard InChI is InChI=1S/C13H17F3.C13H16FN.C13H17N.2C12H16F2.3C12H17F.C12H18/c1-8(2)10-5-6-12(13(14,15)16)11(7-10)9(3)4;1-8(2)11-6-12(9(3)4)13(14)5-10(11)7-15;1-9(2)11-5-6-12(8-14)13(7-11)10(3)4;1-7(2)9-5-10(8(3)4)12(14)6-11(9)13;1-7(2)9-5-10(8(3)4)12(14)11(13)6-9;1-8(2)10-5-11(9(3)4)7-12(13)6-10;2*1-8(2)10-5-6-12(13)11(7-10)9(3)4;1-9(2)11-6-5-7-12(8-11)10(3)4/h5-9H,1-4H3;5-6,8-9H,1-4H3;5-7,9-10H,1-4H3;2*5-8H,1-4H3;3*5-9H,1-4H3;5-10H,1-4H3. The minimum Gasteiger partial charge on any atom is -0.207 e. The van der Waals surface area contributed by atoms with Crippen molar-refractivity contribution in [2.45, 2.75) is 362 Å². The van der Waals surface area contributed by atoms with Gasteiger partial charge in [-0.1, -0.05) is 340 Å². The molecular formula is C111H151F11N2. The van der Waals surface area contributed by atoms with Gasteiger partial charge in [-0.3, -0.25) is 0 Å². The number of hydrogen-bond acceptors (Lipinski definition) is 2. The van der Waals surface area contributed by atoms with Gasteiger partial charge in [0.25, 0.3) is 0 Å². The Kier molecular flexibility index (Phi) is 48.9. The molecule has 0 saturated carbocycles. The molecule has 124 heavy (non-hydrogen) atoms. The third-order valence-corrected chi connectivity index (χ3v) is 21.6. The van der Waals surface area contributed by atoms with Crippen LogP contribution in [0, 0.1) is 69.2 Å². The number of nitrogens with zero attached hydrogens (tertiary/aromatic N) is 2. The summed E-state index contributed by atoms with van der Waals surface area (Å²) in [7, 11) is 0. The van der Waals surface area contributed by atoms with E-state index in [9.17, 15) is 48.3 Å². The van der Waals surface area contributed by atoms with E-state index in [4.69, 9.17) is 10.5 Å². The lowest BCUT2D eigenvalue weighted by Gasteiger charge is -2.18. The van der Waals surface area contributed by atoms with Gasteiger partial charge < -0.3 is 0 Å². The fraction of sp³-hybridized carbons (Fsp3) is 0.495. The molecule has 0 unspecified atom stereocenters. The number of rotatable bonds is 18. The Hall–Kier alpha value is -8.81. The molecule has 0 aromatic heterocycles. The van der Waals surface area contributed by atoms with Crippen LogP contribution in [-0.4, -0.2) is 0 Å². The van der Waals surface area contributed by atoms with Gasteiger partial charge in [0.15, 0.2) is 11.6 Å². The third kappa shape index (κ3) is 37.4. The van der Waals surface area contributed by atoms with Crippen molar-refractivity contribution < 1.29 is 48.3 Å². The molecule has 13 heteroatoms. The van der Waals surface area contributed by atoms with Crippen LogP contribution < -0.4 is 0 Å². The second kappa shape index (κ2) is 53.6. The van der Waals surface area contributed by atoms with Crippen LogP contribution in [0.1, 0.15) is 473 Å². The Labute approximate surface area is 743 Å². The lowest BCUT2D eigenvalue weighted by molar-refractivity contribution is -0.138. The van der Waals surface area contributed by atoms with Crippen LogP contribution in [0.5, 0.6) is 0 Å². The molecule has 0 spiro atoms. The highest BCUT2D eigenvalue weighted by molar-refractivity contribution is 5.45. The normalized spacial score (nSPS) is 11.3. The molecule has 0 atom stereocenters. The van der Waals surface area contributed by atoms with Gasteiger partial charge in [-0.15, -0.1) is 0 Å². The molecule has 9 rings (SSSR count). The maximum Gasteiger partial charge on any atom is 0.416 e. The Balaban J connectivity index is 0.000000698. The van der Waals surface area contributed by atoms with E-state index in [1.807, 2.05) is 167 Å². The van der Waals surface area contributed by atoms with Gasteiger partial charge in [0.05, 0.1) is 28.8 Å². The van der Waals surface area contributed by atoms with E-state index < -0.39 is 35.0 Å². The van der Waals surface area contributed by atoms with Gasteiger partial charge in [0, 0.05) is 6.07 Å². The van der Waals surface area contributed by atoms with E-state index in [-0.39, 0.29) is 82.4 Å². The molecular weight excluding hydrogens is 1570 g/mol. The van der Waals surface area contributed by atoms with Crippen molar-refractivity contribution in [3.8, 4) is 12.1 Å². The summed E-state index contributed by atoms with van der Waals surface area (Å²) in [6.45, 7) is 73.2. The summed E-state index contributed by atoms with van der Waals surface area (Å²) in [6.07, 6.45) is -4.25. The Bertz CT molecular complexity index is 4650. The fourth-order valence-electron chi connectivity index (χ4n) is 13.0. The molecule has 2 nitrogen and oxygen atoms in total. The largest absolute Gasteiger partial charge is 0.416 e. The van der Waals surface area contributed by atoms with Crippen LogP contribution in [0.2, 0.25) is 0 Å². The molecule has 0 aliphatic heterocycles. The van der Waals surface area contributed by atoms with Gasteiger partial charge in [-0.25, -0.2) is 35.1 Å². The van der Waals surface area contributed by atoms with Crippen LogP contribution in [0.25, 0.3) is 0 Å². The van der Waals surface area contributed by atoms with Gasteiger partial charge in [-0.05, 0) is 261 Å². The molecule has 0 amide bonds. The Morgan fingerprint density at radius 2 is 0.452 bits per heavy atom. The molecule has 0 saturated heterocycles. The van der Waals surface area contributed by atoms with Crippen LogP contribution in [0.15, 0.2) is 152 Å². The summed E-state index contributed by atoms with van der Waals surface area (Å²) < 4.78 is 145. The van der Waals surface area contributed by atoms with E-state index in [1.54, 1.807) is 62.4 Å². The monoisotopic (exact) mass is 1720 g/mol. The predicted octanol–water partition coefficient (Wildman–Crippen LogP) is 37.3. The molecule has 0 radical (unpaired) electrons. The molecule has 9 aromatic carbocycles. The van der Waals surface area contributed by atoms with Crippen LogP contribution in [0.4, 0.5) is 48.3 Å². The first kappa shape index (κ1) is 113. The molecule has 0 N–H and O–H groups in total. The molecule has 9 aromatic rings. The van der Waals surface area contributed by atoms with Crippen molar-refractivity contribution in [1.82, 2.24) is 0 Å². The van der Waals surface area contributed by atoms with Crippen molar-refractivity contribution in [2.24, 2.45) is 0 Å². The van der Waals surface area contributed by atoms with Crippen LogP contribution >= 0.6 is 0 Å². The van der Waals surface area contributed by atoms with Crippen molar-refractivity contribution in [1.29, 1.82) is 10.5 Å². The highest BCUT2D eigenvalue weighted by atomic mass is 19.4. The molecule has 682 valence electrons. The molecule has 0 heterocycles. The number of halogens is 11. The zero-order valence-electron chi connectivity index (χ0n) is 81.9. The van der Waals surface area contributed by atoms with Crippen molar-refractivity contribution in [2.75, 3.05) is 0 Å². The van der Waals surface area contributed by atoms with Gasteiger partial charge in [-0.2, -0.15) is 23.7 Å². The first-order valence-electron chi connectivity index (χ1n) is 44.7. The van der Waals surface area contributed by atoms with Crippen LogP contribution in [0.3, 0.4) is 0 Å². The number of alkyl halides is 3. The summed E-state index contributed by atoms with van der Waals surface area (Å²) in [6, 6.07) is 48.8. The molecule has 0 fully saturated rings. The average Bonchev–Trinajstić information content (AvgIpc) is 0.800.